The van der Waals surface area contributed by atoms with Crippen LogP contribution in [0.2, 0.25) is 5.02 Å². The van der Waals surface area contributed by atoms with Crippen molar-refractivity contribution in [2.45, 2.75) is 6.92 Å². The maximum atomic E-state index is 6.09. The number of anilines is 3. The lowest BCUT2D eigenvalue weighted by Gasteiger charge is -2.09. The van der Waals surface area contributed by atoms with Gasteiger partial charge in [-0.25, -0.2) is 0 Å². The average Bonchev–Trinajstić information content (AvgIpc) is 2.24. The summed E-state index contributed by atoms with van der Waals surface area (Å²) in [7, 11) is 0. The van der Waals surface area contributed by atoms with Crippen LogP contribution in [0, 0.1) is 6.92 Å². The van der Waals surface area contributed by atoms with Crippen LogP contribution < -0.4 is 11.1 Å². The summed E-state index contributed by atoms with van der Waals surface area (Å²) in [6.07, 6.45) is 0. The highest BCUT2D eigenvalue weighted by atomic mass is 35.5. The predicted molar refractivity (Wildman–Crippen MR) is 70.3 cm³/mol. The molecule has 3 N–H and O–H groups in total. The highest BCUT2D eigenvalue weighted by Gasteiger charge is 2.01. The molecule has 0 saturated carbocycles. The van der Waals surface area contributed by atoms with Crippen LogP contribution in [0.1, 0.15) is 5.56 Å². The van der Waals surface area contributed by atoms with Crippen molar-refractivity contribution in [1.29, 1.82) is 0 Å². The van der Waals surface area contributed by atoms with Gasteiger partial charge in [0.2, 0.25) is 0 Å². The lowest BCUT2D eigenvalue weighted by Crippen LogP contribution is -1.93. The topological polar surface area (TPSA) is 38.0 Å². The van der Waals surface area contributed by atoms with Crippen molar-refractivity contribution in [3.63, 3.8) is 0 Å². The molecule has 0 bridgehead atoms. The normalized spacial score (nSPS) is 10.1. The van der Waals surface area contributed by atoms with Crippen LogP contribution in [0.5, 0.6) is 0 Å². The molecule has 2 rings (SSSR count). The Morgan fingerprint density at radius 3 is 2.69 bits per heavy atom. The summed E-state index contributed by atoms with van der Waals surface area (Å²) in [5, 5.41) is 3.94. The van der Waals surface area contributed by atoms with E-state index in [2.05, 4.69) is 5.32 Å². The second kappa shape index (κ2) is 4.45. The van der Waals surface area contributed by atoms with Crippen molar-refractivity contribution >= 4 is 28.7 Å². The molecule has 2 nitrogen and oxygen atoms in total. The first kappa shape index (κ1) is 10.8. The van der Waals surface area contributed by atoms with E-state index in [4.69, 9.17) is 17.3 Å². The molecular formula is C13H13ClN2. The zero-order valence-electron chi connectivity index (χ0n) is 9.00. The van der Waals surface area contributed by atoms with E-state index in [1.54, 1.807) is 0 Å². The van der Waals surface area contributed by atoms with Gasteiger partial charge in [0.1, 0.15) is 0 Å². The van der Waals surface area contributed by atoms with Crippen molar-refractivity contribution < 1.29 is 0 Å². The van der Waals surface area contributed by atoms with Crippen LogP contribution in [0.3, 0.4) is 0 Å². The summed E-state index contributed by atoms with van der Waals surface area (Å²) < 4.78 is 0. The van der Waals surface area contributed by atoms with Gasteiger partial charge < -0.3 is 11.1 Å². The molecule has 0 aliphatic carbocycles. The van der Waals surface area contributed by atoms with Gasteiger partial charge in [-0.05, 0) is 42.8 Å². The molecule has 0 radical (unpaired) electrons. The van der Waals surface area contributed by atoms with Gasteiger partial charge in [0, 0.05) is 11.4 Å². The van der Waals surface area contributed by atoms with Gasteiger partial charge in [0.25, 0.3) is 0 Å². The van der Waals surface area contributed by atoms with Gasteiger partial charge >= 0.3 is 0 Å². The number of nitrogen functional groups attached to an aromatic ring is 1. The minimum Gasteiger partial charge on any atom is -0.399 e. The molecule has 2 aromatic rings. The largest absolute Gasteiger partial charge is 0.399 e. The van der Waals surface area contributed by atoms with Gasteiger partial charge in [-0.2, -0.15) is 0 Å². The number of rotatable bonds is 2. The van der Waals surface area contributed by atoms with Crippen molar-refractivity contribution in [2.24, 2.45) is 0 Å². The molecule has 16 heavy (non-hydrogen) atoms. The Labute approximate surface area is 100 Å². The molecule has 0 aliphatic rings. The summed E-state index contributed by atoms with van der Waals surface area (Å²) in [5.41, 5.74) is 9.43. The lowest BCUT2D eigenvalue weighted by atomic mass is 10.2. The minimum absolute atomic E-state index is 0.702. The van der Waals surface area contributed by atoms with Crippen molar-refractivity contribution in [1.82, 2.24) is 0 Å². The molecule has 0 unspecified atom stereocenters. The summed E-state index contributed by atoms with van der Waals surface area (Å²) in [6, 6.07) is 13.4. The van der Waals surface area contributed by atoms with Gasteiger partial charge in [-0.15, -0.1) is 0 Å². The number of nitrogens with two attached hydrogens (primary N) is 1. The molecule has 3 heteroatoms. The maximum Gasteiger partial charge on any atom is 0.0641 e. The van der Waals surface area contributed by atoms with Crippen LogP contribution in [-0.4, -0.2) is 0 Å². The van der Waals surface area contributed by atoms with Crippen LogP contribution in [0.4, 0.5) is 17.1 Å². The van der Waals surface area contributed by atoms with E-state index in [0.29, 0.717) is 5.02 Å². The predicted octanol–water partition coefficient (Wildman–Crippen LogP) is 3.97. The number of aryl methyl sites for hydroxylation is 1. The molecule has 0 amide bonds. The smallest absolute Gasteiger partial charge is 0.0641 e. The highest BCUT2D eigenvalue weighted by molar-refractivity contribution is 6.33. The first-order valence-electron chi connectivity index (χ1n) is 5.04. The third-order valence-corrected chi connectivity index (χ3v) is 2.62. The summed E-state index contributed by atoms with van der Waals surface area (Å²) in [6.45, 7) is 2.03. The second-order valence-corrected chi connectivity index (χ2v) is 4.14. The standard InChI is InChI=1S/C13H13ClN2/c1-9-5-6-12(14)13(7-9)16-11-4-2-3-10(15)8-11/h2-8,16H,15H2,1H3. The zero-order chi connectivity index (χ0) is 11.5. The summed E-state index contributed by atoms with van der Waals surface area (Å²) in [5.74, 6) is 0. The van der Waals surface area contributed by atoms with Crippen molar-refractivity contribution in [2.75, 3.05) is 11.1 Å². The molecule has 0 heterocycles. The van der Waals surface area contributed by atoms with E-state index in [-0.39, 0.29) is 0 Å². The van der Waals surface area contributed by atoms with E-state index in [1.165, 1.54) is 0 Å². The third kappa shape index (κ3) is 2.47. The molecule has 0 fully saturated rings. The molecule has 0 aromatic heterocycles. The Morgan fingerprint density at radius 1 is 1.12 bits per heavy atom. The SMILES string of the molecule is Cc1ccc(Cl)c(Nc2cccc(N)c2)c1. The van der Waals surface area contributed by atoms with Crippen LogP contribution >= 0.6 is 11.6 Å². The van der Waals surface area contributed by atoms with Crippen molar-refractivity contribution in [3.8, 4) is 0 Å². The van der Waals surface area contributed by atoms with Crippen LogP contribution in [0.25, 0.3) is 0 Å². The van der Waals surface area contributed by atoms with Crippen molar-refractivity contribution in [3.05, 3.63) is 53.1 Å². The number of nitrogens with one attached hydrogen (secondary N) is 1. The fourth-order valence-corrected chi connectivity index (χ4v) is 1.67. The Hall–Kier alpha value is -1.67. The van der Waals surface area contributed by atoms with E-state index in [0.717, 1.165) is 22.6 Å². The van der Waals surface area contributed by atoms with E-state index in [9.17, 15) is 0 Å². The Kier molecular flexibility index (Phi) is 3.02. The number of hydrogen-bond donors (Lipinski definition) is 2. The molecular weight excluding hydrogens is 220 g/mol. The molecule has 0 aliphatic heterocycles. The van der Waals surface area contributed by atoms with Gasteiger partial charge in [0.15, 0.2) is 0 Å². The number of benzene rings is 2. The molecule has 0 saturated heterocycles. The number of halogens is 1. The quantitative estimate of drug-likeness (QED) is 0.769. The van der Waals surface area contributed by atoms with E-state index >= 15 is 0 Å². The summed E-state index contributed by atoms with van der Waals surface area (Å²) in [4.78, 5) is 0. The minimum atomic E-state index is 0.702. The van der Waals surface area contributed by atoms with E-state index in [1.807, 2.05) is 49.4 Å². The first-order valence-corrected chi connectivity index (χ1v) is 5.42. The highest BCUT2D eigenvalue weighted by Crippen LogP contribution is 2.26. The summed E-state index contributed by atoms with van der Waals surface area (Å²) >= 11 is 6.09. The zero-order valence-corrected chi connectivity index (χ0v) is 9.75. The fourth-order valence-electron chi connectivity index (χ4n) is 1.51. The molecule has 0 spiro atoms. The maximum absolute atomic E-state index is 6.09. The molecule has 2 aromatic carbocycles. The molecule has 82 valence electrons. The van der Waals surface area contributed by atoms with Gasteiger partial charge in [0.05, 0.1) is 10.7 Å². The lowest BCUT2D eigenvalue weighted by molar-refractivity contribution is 1.45. The Bertz CT molecular complexity index is 509. The van der Waals surface area contributed by atoms with Crippen LogP contribution in [-0.2, 0) is 0 Å². The Morgan fingerprint density at radius 2 is 1.94 bits per heavy atom. The van der Waals surface area contributed by atoms with E-state index < -0.39 is 0 Å². The molecule has 0 atom stereocenters. The fraction of sp³-hybridized carbons (Fsp3) is 0.0769. The Balaban J connectivity index is 2.30. The van der Waals surface area contributed by atoms with Gasteiger partial charge in [-0.3, -0.25) is 0 Å². The van der Waals surface area contributed by atoms with Crippen LogP contribution in [0.15, 0.2) is 42.5 Å². The monoisotopic (exact) mass is 232 g/mol. The number of hydrogen-bond acceptors (Lipinski definition) is 2. The first-order chi connectivity index (χ1) is 7.65. The average molecular weight is 233 g/mol. The third-order valence-electron chi connectivity index (χ3n) is 2.29. The van der Waals surface area contributed by atoms with Gasteiger partial charge in [-0.1, -0.05) is 23.7 Å². The second-order valence-electron chi connectivity index (χ2n) is 3.73.